The average Bonchev–Trinajstić information content (AvgIpc) is 3.04. The number of aliphatic imine (C=N–C) groups is 1. The molecule has 1 fully saturated rings. The second kappa shape index (κ2) is 10.5. The third-order valence-electron chi connectivity index (χ3n) is 3.64. The summed E-state index contributed by atoms with van der Waals surface area (Å²) < 4.78 is 10.8. The van der Waals surface area contributed by atoms with Gasteiger partial charge in [0, 0.05) is 13.1 Å². The third kappa shape index (κ3) is 6.29. The summed E-state index contributed by atoms with van der Waals surface area (Å²) in [7, 11) is 3.46. The maximum Gasteiger partial charge on any atom is 0.191 e. The fourth-order valence-corrected chi connectivity index (χ4v) is 2.47. The fraction of sp³-hybridized carbons (Fsp3) is 0.562. The van der Waals surface area contributed by atoms with Crippen molar-refractivity contribution < 1.29 is 9.47 Å². The van der Waals surface area contributed by atoms with E-state index in [9.17, 15) is 0 Å². The minimum absolute atomic E-state index is 0. The summed E-state index contributed by atoms with van der Waals surface area (Å²) in [5.41, 5.74) is 0. The van der Waals surface area contributed by atoms with Crippen molar-refractivity contribution in [3.05, 3.63) is 24.3 Å². The molecule has 1 aliphatic rings. The third-order valence-corrected chi connectivity index (χ3v) is 3.64. The molecule has 0 bridgehead atoms. The maximum absolute atomic E-state index is 5.67. The van der Waals surface area contributed by atoms with Crippen LogP contribution in [0.5, 0.6) is 11.5 Å². The number of ether oxygens (including phenoxy) is 2. The van der Waals surface area contributed by atoms with Crippen molar-refractivity contribution in [3.63, 3.8) is 0 Å². The van der Waals surface area contributed by atoms with Crippen molar-refractivity contribution in [2.45, 2.75) is 31.7 Å². The van der Waals surface area contributed by atoms with Crippen LogP contribution in [0.3, 0.4) is 0 Å². The highest BCUT2D eigenvalue weighted by Crippen LogP contribution is 2.17. The topological polar surface area (TPSA) is 54.9 Å². The van der Waals surface area contributed by atoms with Gasteiger partial charge in [-0.25, -0.2) is 0 Å². The second-order valence-corrected chi connectivity index (χ2v) is 5.15. The van der Waals surface area contributed by atoms with E-state index in [1.807, 2.05) is 24.3 Å². The Labute approximate surface area is 149 Å². The Balaban J connectivity index is 0.00000242. The van der Waals surface area contributed by atoms with Gasteiger partial charge >= 0.3 is 0 Å². The standard InChI is InChI=1S/C16H25N3O2.HI/c1-17-16(19-13-5-3-4-6-13)18-11-12-21-15-9-7-14(20-2)8-10-15;/h7-10,13H,3-6,11-12H2,1-2H3,(H2,17,18,19);1H. The number of guanidine groups is 1. The van der Waals surface area contributed by atoms with Crippen LogP contribution < -0.4 is 20.1 Å². The van der Waals surface area contributed by atoms with Gasteiger partial charge in [-0.2, -0.15) is 0 Å². The van der Waals surface area contributed by atoms with E-state index in [0.29, 0.717) is 12.6 Å². The second-order valence-electron chi connectivity index (χ2n) is 5.15. The van der Waals surface area contributed by atoms with Gasteiger partial charge < -0.3 is 20.1 Å². The molecule has 0 aliphatic heterocycles. The molecular formula is C16H26IN3O2. The molecule has 0 spiro atoms. The lowest BCUT2D eigenvalue weighted by atomic mass is 10.2. The van der Waals surface area contributed by atoms with Crippen molar-refractivity contribution >= 4 is 29.9 Å². The summed E-state index contributed by atoms with van der Waals surface area (Å²) >= 11 is 0. The van der Waals surface area contributed by atoms with Gasteiger partial charge in [-0.05, 0) is 37.1 Å². The van der Waals surface area contributed by atoms with Crippen LogP contribution in [-0.4, -0.2) is 39.3 Å². The molecule has 0 atom stereocenters. The summed E-state index contributed by atoms with van der Waals surface area (Å²) in [4.78, 5) is 4.24. The highest BCUT2D eigenvalue weighted by atomic mass is 127. The first-order chi connectivity index (χ1) is 10.3. The van der Waals surface area contributed by atoms with E-state index in [0.717, 1.165) is 24.0 Å². The van der Waals surface area contributed by atoms with Crippen LogP contribution in [0, 0.1) is 0 Å². The smallest absolute Gasteiger partial charge is 0.191 e. The maximum atomic E-state index is 5.67. The highest BCUT2D eigenvalue weighted by Gasteiger charge is 2.15. The normalized spacial score (nSPS) is 15.1. The zero-order valence-corrected chi connectivity index (χ0v) is 15.6. The van der Waals surface area contributed by atoms with E-state index in [4.69, 9.17) is 9.47 Å². The Hall–Kier alpha value is -1.18. The molecule has 1 aromatic rings. The van der Waals surface area contributed by atoms with Crippen molar-refractivity contribution in [3.8, 4) is 11.5 Å². The Morgan fingerprint density at radius 1 is 1.18 bits per heavy atom. The molecular weight excluding hydrogens is 393 g/mol. The lowest BCUT2D eigenvalue weighted by molar-refractivity contribution is 0.320. The summed E-state index contributed by atoms with van der Waals surface area (Å²) in [5, 5.41) is 6.72. The van der Waals surface area contributed by atoms with Gasteiger partial charge in [0.2, 0.25) is 0 Å². The Morgan fingerprint density at radius 3 is 2.41 bits per heavy atom. The van der Waals surface area contributed by atoms with Gasteiger partial charge in [0.15, 0.2) is 5.96 Å². The largest absolute Gasteiger partial charge is 0.497 e. The molecule has 124 valence electrons. The molecule has 0 amide bonds. The van der Waals surface area contributed by atoms with Crippen LogP contribution in [0.15, 0.2) is 29.3 Å². The summed E-state index contributed by atoms with van der Waals surface area (Å²) in [6.07, 6.45) is 5.11. The molecule has 0 heterocycles. The van der Waals surface area contributed by atoms with Gasteiger partial charge in [-0.15, -0.1) is 24.0 Å². The number of hydrogen-bond donors (Lipinski definition) is 2. The minimum Gasteiger partial charge on any atom is -0.497 e. The molecule has 0 unspecified atom stereocenters. The predicted octanol–water partition coefficient (Wildman–Crippen LogP) is 2.80. The zero-order chi connectivity index (χ0) is 14.9. The van der Waals surface area contributed by atoms with Crippen molar-refractivity contribution in [1.29, 1.82) is 0 Å². The summed E-state index contributed by atoms with van der Waals surface area (Å²) in [5.74, 6) is 2.54. The van der Waals surface area contributed by atoms with Crippen LogP contribution in [0.2, 0.25) is 0 Å². The minimum atomic E-state index is 0. The van der Waals surface area contributed by atoms with Crippen LogP contribution in [0.25, 0.3) is 0 Å². The van der Waals surface area contributed by atoms with Crippen LogP contribution in [-0.2, 0) is 0 Å². The fourth-order valence-electron chi connectivity index (χ4n) is 2.47. The lowest BCUT2D eigenvalue weighted by Gasteiger charge is -2.17. The number of benzene rings is 1. The first-order valence-electron chi connectivity index (χ1n) is 7.56. The Morgan fingerprint density at radius 2 is 1.82 bits per heavy atom. The van der Waals surface area contributed by atoms with E-state index < -0.39 is 0 Å². The van der Waals surface area contributed by atoms with E-state index in [2.05, 4.69) is 15.6 Å². The number of hydrogen-bond acceptors (Lipinski definition) is 3. The van der Waals surface area contributed by atoms with Crippen LogP contribution >= 0.6 is 24.0 Å². The number of rotatable bonds is 6. The number of nitrogens with zero attached hydrogens (tertiary/aromatic N) is 1. The molecule has 0 aromatic heterocycles. The first kappa shape index (κ1) is 18.9. The molecule has 1 aromatic carbocycles. The molecule has 6 heteroatoms. The van der Waals surface area contributed by atoms with Crippen LogP contribution in [0.1, 0.15) is 25.7 Å². The van der Waals surface area contributed by atoms with Gasteiger partial charge in [-0.1, -0.05) is 12.8 Å². The predicted molar refractivity (Wildman–Crippen MR) is 101 cm³/mol. The van der Waals surface area contributed by atoms with Crippen molar-refractivity contribution in [2.75, 3.05) is 27.3 Å². The summed E-state index contributed by atoms with van der Waals surface area (Å²) in [6.45, 7) is 1.32. The van der Waals surface area contributed by atoms with E-state index >= 15 is 0 Å². The van der Waals surface area contributed by atoms with E-state index in [1.54, 1.807) is 14.2 Å². The van der Waals surface area contributed by atoms with Gasteiger partial charge in [0.25, 0.3) is 0 Å². The summed E-state index contributed by atoms with van der Waals surface area (Å²) in [6, 6.07) is 8.17. The Kier molecular flexibility index (Phi) is 9.03. The molecule has 2 N–H and O–H groups in total. The van der Waals surface area contributed by atoms with E-state index in [-0.39, 0.29) is 24.0 Å². The van der Waals surface area contributed by atoms with Crippen molar-refractivity contribution in [2.24, 2.45) is 4.99 Å². The zero-order valence-electron chi connectivity index (χ0n) is 13.3. The van der Waals surface area contributed by atoms with Crippen LogP contribution in [0.4, 0.5) is 0 Å². The molecule has 1 saturated carbocycles. The number of nitrogens with one attached hydrogen (secondary N) is 2. The molecule has 2 rings (SSSR count). The highest BCUT2D eigenvalue weighted by molar-refractivity contribution is 14.0. The molecule has 22 heavy (non-hydrogen) atoms. The molecule has 0 radical (unpaired) electrons. The first-order valence-corrected chi connectivity index (χ1v) is 7.56. The number of methoxy groups -OCH3 is 1. The Bertz CT molecular complexity index is 445. The SMILES string of the molecule is CN=C(NCCOc1ccc(OC)cc1)NC1CCCC1.I. The van der Waals surface area contributed by atoms with Gasteiger partial charge in [0.1, 0.15) is 18.1 Å². The monoisotopic (exact) mass is 419 g/mol. The van der Waals surface area contributed by atoms with E-state index in [1.165, 1.54) is 25.7 Å². The quantitative estimate of drug-likeness (QED) is 0.322. The number of halogens is 1. The molecule has 5 nitrogen and oxygen atoms in total. The van der Waals surface area contributed by atoms with Gasteiger partial charge in [-0.3, -0.25) is 4.99 Å². The van der Waals surface area contributed by atoms with Crippen molar-refractivity contribution in [1.82, 2.24) is 10.6 Å². The molecule has 0 saturated heterocycles. The molecule has 1 aliphatic carbocycles. The lowest BCUT2D eigenvalue weighted by Crippen LogP contribution is -2.43. The van der Waals surface area contributed by atoms with Gasteiger partial charge in [0.05, 0.1) is 13.7 Å². The average molecular weight is 419 g/mol.